The molecule has 0 spiro atoms. The van der Waals surface area contributed by atoms with Crippen LogP contribution in [0.4, 0.5) is 0 Å². The van der Waals surface area contributed by atoms with Crippen molar-refractivity contribution in [3.63, 3.8) is 0 Å². The van der Waals surface area contributed by atoms with E-state index in [-0.39, 0.29) is 23.4 Å². The van der Waals surface area contributed by atoms with Gasteiger partial charge in [-0.25, -0.2) is 0 Å². The van der Waals surface area contributed by atoms with Crippen LogP contribution in [0.1, 0.15) is 92.9 Å². The zero-order valence-corrected chi connectivity index (χ0v) is 22.8. The lowest BCUT2D eigenvalue weighted by Gasteiger charge is -2.48. The second-order valence-electron chi connectivity index (χ2n) is 11.7. The van der Waals surface area contributed by atoms with Crippen molar-refractivity contribution in [2.24, 2.45) is 0 Å². The van der Waals surface area contributed by atoms with Crippen LogP contribution >= 0.6 is 0 Å². The van der Waals surface area contributed by atoms with E-state index in [4.69, 9.17) is 13.9 Å². The Morgan fingerprint density at radius 1 is 1.03 bits per heavy atom. The average Bonchev–Trinajstić information content (AvgIpc) is 2.97. The number of unbranched alkanes of at least 4 members (excludes halogenated alkanes) is 6. The molecule has 0 N–H and O–H groups in total. The fourth-order valence-corrected chi connectivity index (χ4v) is 6.09. The normalized spacial score (nSPS) is 29.2. The monoisotopic (exact) mass is 453 g/mol. The molecule has 5 heteroatoms. The third kappa shape index (κ3) is 7.40. The first-order valence-corrected chi connectivity index (χ1v) is 15.7. The molecule has 0 aliphatic carbocycles. The minimum atomic E-state index is -1.91. The van der Waals surface area contributed by atoms with Crippen LogP contribution in [0.3, 0.4) is 0 Å². The van der Waals surface area contributed by atoms with Crippen LogP contribution in [-0.4, -0.2) is 56.4 Å². The fourth-order valence-electron chi connectivity index (χ4n) is 4.77. The van der Waals surface area contributed by atoms with Crippen LogP contribution < -0.4 is 0 Å². The summed E-state index contributed by atoms with van der Waals surface area (Å²) in [5.41, 5.74) is 0. The molecule has 0 bridgehead atoms. The molecule has 2 heterocycles. The smallest absolute Gasteiger partial charge is 0.192 e. The lowest BCUT2D eigenvalue weighted by Crippen LogP contribution is -2.63. The standard InChI is InChI=1S/C26H51NO3Si/c1-10-12-13-14-15-16-17-18-21-23-24(29-26(6,7)28-23)22(20-27(21)19-11-2)30-31(8,9)25(3,4)5/h11,21-24H,2,10,12-20H2,1,3-9H3/t21-,22+,23-,24+/m0/s1. The lowest BCUT2D eigenvalue weighted by atomic mass is 9.90. The molecular formula is C26H51NO3Si. The van der Waals surface area contributed by atoms with E-state index in [1.54, 1.807) is 0 Å². The summed E-state index contributed by atoms with van der Waals surface area (Å²) in [6, 6.07) is 0.375. The molecule has 182 valence electrons. The van der Waals surface area contributed by atoms with Crippen LogP contribution in [0.2, 0.25) is 18.1 Å². The number of fused-ring (bicyclic) bond motifs is 1. The Hall–Kier alpha value is -0.203. The first kappa shape index (κ1) is 27.0. The highest BCUT2D eigenvalue weighted by Crippen LogP contribution is 2.43. The Labute approximate surface area is 194 Å². The van der Waals surface area contributed by atoms with E-state index in [0.29, 0.717) is 6.04 Å². The van der Waals surface area contributed by atoms with E-state index in [9.17, 15) is 0 Å². The minimum absolute atomic E-state index is 0.0137. The maximum atomic E-state index is 6.91. The van der Waals surface area contributed by atoms with Gasteiger partial charge in [-0.2, -0.15) is 0 Å². The number of ether oxygens (including phenoxy) is 2. The Kier molecular flexibility index (Phi) is 9.84. The minimum Gasteiger partial charge on any atom is -0.410 e. The summed E-state index contributed by atoms with van der Waals surface area (Å²) in [5, 5.41) is 0.176. The summed E-state index contributed by atoms with van der Waals surface area (Å²) in [6.45, 7) is 23.8. The van der Waals surface area contributed by atoms with Gasteiger partial charge in [-0.3, -0.25) is 4.90 Å². The topological polar surface area (TPSA) is 30.9 Å². The van der Waals surface area contributed by atoms with Gasteiger partial charge in [0.1, 0.15) is 12.2 Å². The lowest BCUT2D eigenvalue weighted by molar-refractivity contribution is -0.152. The highest BCUT2D eigenvalue weighted by atomic mass is 28.4. The van der Waals surface area contributed by atoms with Crippen molar-refractivity contribution in [2.45, 2.75) is 141 Å². The van der Waals surface area contributed by atoms with Gasteiger partial charge in [-0.05, 0) is 38.4 Å². The molecule has 0 aromatic heterocycles. The molecule has 2 fully saturated rings. The highest BCUT2D eigenvalue weighted by molar-refractivity contribution is 6.74. The van der Waals surface area contributed by atoms with Gasteiger partial charge in [0.25, 0.3) is 0 Å². The number of hydrogen-bond acceptors (Lipinski definition) is 4. The summed E-state index contributed by atoms with van der Waals surface area (Å²) in [4.78, 5) is 2.55. The van der Waals surface area contributed by atoms with Gasteiger partial charge in [-0.1, -0.05) is 78.7 Å². The van der Waals surface area contributed by atoms with Crippen LogP contribution in [0.5, 0.6) is 0 Å². The third-order valence-electron chi connectivity index (χ3n) is 7.51. The van der Waals surface area contributed by atoms with Crippen molar-refractivity contribution < 1.29 is 13.9 Å². The Morgan fingerprint density at radius 2 is 1.61 bits per heavy atom. The van der Waals surface area contributed by atoms with Crippen molar-refractivity contribution in [3.05, 3.63) is 12.7 Å². The van der Waals surface area contributed by atoms with Gasteiger partial charge in [0.15, 0.2) is 14.1 Å². The van der Waals surface area contributed by atoms with Gasteiger partial charge < -0.3 is 13.9 Å². The first-order valence-electron chi connectivity index (χ1n) is 12.8. The molecule has 2 aliphatic rings. The summed E-state index contributed by atoms with van der Waals surface area (Å²) in [5.74, 6) is -0.549. The van der Waals surface area contributed by atoms with Gasteiger partial charge in [0.05, 0.1) is 6.10 Å². The van der Waals surface area contributed by atoms with E-state index in [2.05, 4.69) is 66.1 Å². The zero-order chi connectivity index (χ0) is 23.3. The van der Waals surface area contributed by atoms with Crippen molar-refractivity contribution in [2.75, 3.05) is 13.1 Å². The molecule has 2 saturated heterocycles. The molecule has 4 atom stereocenters. The molecule has 0 radical (unpaired) electrons. The summed E-state index contributed by atoms with van der Waals surface area (Å²) >= 11 is 0. The molecule has 31 heavy (non-hydrogen) atoms. The second kappa shape index (κ2) is 11.3. The molecule has 0 amide bonds. The number of likely N-dealkylation sites (tertiary alicyclic amines) is 1. The van der Waals surface area contributed by atoms with Crippen LogP contribution in [0.25, 0.3) is 0 Å². The van der Waals surface area contributed by atoms with Crippen molar-refractivity contribution in [1.82, 2.24) is 4.90 Å². The van der Waals surface area contributed by atoms with Crippen LogP contribution in [-0.2, 0) is 13.9 Å². The maximum absolute atomic E-state index is 6.91. The fraction of sp³-hybridized carbons (Fsp3) is 0.923. The number of rotatable bonds is 12. The van der Waals surface area contributed by atoms with E-state index in [1.165, 1.54) is 44.9 Å². The highest BCUT2D eigenvalue weighted by Gasteiger charge is 2.55. The quantitative estimate of drug-likeness (QED) is 0.182. The summed E-state index contributed by atoms with van der Waals surface area (Å²) < 4.78 is 19.9. The first-order chi connectivity index (χ1) is 14.4. The SMILES string of the molecule is C=CCN1C[C@@H](O[Si](C)(C)C(C)(C)C)[C@H]2OC(C)(C)O[C@H]2[C@@H]1CCCCCCCCC. The zero-order valence-electron chi connectivity index (χ0n) is 21.8. The van der Waals surface area contributed by atoms with Crippen molar-refractivity contribution in [3.8, 4) is 0 Å². The van der Waals surface area contributed by atoms with Gasteiger partial charge in [0, 0.05) is 19.1 Å². The average molecular weight is 454 g/mol. The number of nitrogens with zero attached hydrogens (tertiary/aromatic N) is 1. The van der Waals surface area contributed by atoms with Crippen LogP contribution in [0, 0.1) is 0 Å². The molecule has 0 saturated carbocycles. The maximum Gasteiger partial charge on any atom is 0.192 e. The molecule has 0 aromatic carbocycles. The summed E-state index contributed by atoms with van der Waals surface area (Å²) in [6.07, 6.45) is 12.7. The number of hydrogen-bond donors (Lipinski definition) is 0. The molecule has 0 aromatic rings. The number of piperidine rings is 1. The van der Waals surface area contributed by atoms with E-state index in [0.717, 1.165) is 19.5 Å². The molecule has 2 rings (SSSR count). The molecule has 2 aliphatic heterocycles. The van der Waals surface area contributed by atoms with E-state index < -0.39 is 14.1 Å². The predicted molar refractivity (Wildman–Crippen MR) is 134 cm³/mol. The Morgan fingerprint density at radius 3 is 2.19 bits per heavy atom. The van der Waals surface area contributed by atoms with Gasteiger partial charge >= 0.3 is 0 Å². The van der Waals surface area contributed by atoms with E-state index in [1.807, 2.05) is 6.08 Å². The predicted octanol–water partition coefficient (Wildman–Crippen LogP) is 6.91. The molecular weight excluding hydrogens is 402 g/mol. The second-order valence-corrected chi connectivity index (χ2v) is 16.5. The Bertz CT molecular complexity index is 557. The Balaban J connectivity index is 2.09. The largest absolute Gasteiger partial charge is 0.410 e. The van der Waals surface area contributed by atoms with Crippen LogP contribution in [0.15, 0.2) is 12.7 Å². The van der Waals surface area contributed by atoms with Crippen molar-refractivity contribution in [1.29, 1.82) is 0 Å². The van der Waals surface area contributed by atoms with E-state index >= 15 is 0 Å². The molecule has 0 unspecified atom stereocenters. The van der Waals surface area contributed by atoms with Gasteiger partial charge in [0.2, 0.25) is 0 Å². The van der Waals surface area contributed by atoms with Crippen molar-refractivity contribution >= 4 is 8.32 Å². The third-order valence-corrected chi connectivity index (χ3v) is 12.0. The summed E-state index contributed by atoms with van der Waals surface area (Å²) in [7, 11) is -1.91. The van der Waals surface area contributed by atoms with Gasteiger partial charge in [-0.15, -0.1) is 6.58 Å². The molecule has 4 nitrogen and oxygen atoms in total.